The number of nitrogens with zero attached hydrogens (tertiary/aromatic N) is 1. The molecule has 154 valence electrons. The van der Waals surface area contributed by atoms with Crippen LogP contribution in [0.15, 0.2) is 42.6 Å². The molecule has 1 aromatic heterocycles. The van der Waals surface area contributed by atoms with Gasteiger partial charge in [-0.25, -0.2) is 0 Å². The van der Waals surface area contributed by atoms with Crippen LogP contribution in [0.25, 0.3) is 11.3 Å². The highest BCUT2D eigenvalue weighted by atomic mass is 16.6. The van der Waals surface area contributed by atoms with E-state index in [9.17, 15) is 4.79 Å². The van der Waals surface area contributed by atoms with E-state index in [0.29, 0.717) is 18.3 Å². The molecule has 1 saturated carbocycles. The van der Waals surface area contributed by atoms with Crippen LogP contribution in [-0.4, -0.2) is 17.1 Å². The van der Waals surface area contributed by atoms with E-state index in [-0.39, 0.29) is 12.1 Å². The molecule has 4 rings (SSSR count). The first-order valence-corrected chi connectivity index (χ1v) is 11.5. The van der Waals surface area contributed by atoms with Gasteiger partial charge in [0, 0.05) is 11.8 Å². The van der Waals surface area contributed by atoms with Gasteiger partial charge in [0.25, 0.3) is 0 Å². The Kier molecular flexibility index (Phi) is 6.63. The smallest absolute Gasteiger partial charge is 0.309 e. The lowest BCUT2D eigenvalue weighted by Gasteiger charge is -2.37. The maximum atomic E-state index is 11.0. The van der Waals surface area contributed by atoms with Crippen molar-refractivity contribution in [3.05, 3.63) is 53.7 Å². The van der Waals surface area contributed by atoms with Gasteiger partial charge in [-0.2, -0.15) is 0 Å². The lowest BCUT2D eigenvalue weighted by Crippen LogP contribution is -2.40. The van der Waals surface area contributed by atoms with E-state index in [1.165, 1.54) is 68.1 Å². The van der Waals surface area contributed by atoms with Crippen molar-refractivity contribution in [2.24, 2.45) is 5.92 Å². The van der Waals surface area contributed by atoms with Gasteiger partial charge in [0.15, 0.2) is 0 Å². The van der Waals surface area contributed by atoms with Gasteiger partial charge in [0.2, 0.25) is 0 Å². The Balaban J connectivity index is 1.29. The summed E-state index contributed by atoms with van der Waals surface area (Å²) in [6.45, 7) is 2.25. The van der Waals surface area contributed by atoms with E-state index < -0.39 is 0 Å². The summed E-state index contributed by atoms with van der Waals surface area (Å²) in [6, 6.07) is 13.4. The molecule has 0 amide bonds. The Hall–Kier alpha value is -2.16. The van der Waals surface area contributed by atoms with Crippen molar-refractivity contribution in [2.45, 2.75) is 83.2 Å². The number of benzene rings is 1. The number of hydrogen-bond donors (Lipinski definition) is 0. The van der Waals surface area contributed by atoms with Crippen LogP contribution >= 0.6 is 0 Å². The molecule has 1 aromatic carbocycles. The van der Waals surface area contributed by atoms with E-state index in [4.69, 9.17) is 9.72 Å². The fourth-order valence-electron chi connectivity index (χ4n) is 4.84. The van der Waals surface area contributed by atoms with Gasteiger partial charge >= 0.3 is 5.97 Å². The van der Waals surface area contributed by atoms with Gasteiger partial charge in [-0.05, 0) is 67.6 Å². The van der Waals surface area contributed by atoms with Crippen LogP contribution in [0.1, 0.15) is 81.8 Å². The minimum atomic E-state index is -0.0224. The van der Waals surface area contributed by atoms with Gasteiger partial charge in [-0.15, -0.1) is 0 Å². The summed E-state index contributed by atoms with van der Waals surface area (Å²) in [5.41, 5.74) is 5.03. The SMILES string of the molecule is CCCCCCc1ccc(-c2ccc(C3CCC(C4CC(=O)O4)CC3)cc2)nc1. The summed E-state index contributed by atoms with van der Waals surface area (Å²) in [5, 5.41) is 0. The molecule has 0 radical (unpaired) electrons. The highest BCUT2D eigenvalue weighted by molar-refractivity contribution is 5.75. The number of cyclic esters (lactones) is 1. The molecule has 2 aromatic rings. The summed E-state index contributed by atoms with van der Waals surface area (Å²) in [7, 11) is 0. The summed E-state index contributed by atoms with van der Waals surface area (Å²) in [4.78, 5) is 15.7. The largest absolute Gasteiger partial charge is 0.461 e. The van der Waals surface area contributed by atoms with Crippen LogP contribution in [0.3, 0.4) is 0 Å². The number of esters is 1. The fraction of sp³-hybridized carbons (Fsp3) is 0.538. The van der Waals surface area contributed by atoms with Gasteiger partial charge in [0.1, 0.15) is 6.10 Å². The number of pyridine rings is 1. The normalized spacial score (nSPS) is 24.0. The summed E-state index contributed by atoms with van der Waals surface area (Å²) >= 11 is 0. The molecule has 2 aliphatic rings. The molecular weight excluding hydrogens is 358 g/mol. The summed E-state index contributed by atoms with van der Waals surface area (Å²) < 4.78 is 5.28. The third-order valence-corrected chi connectivity index (χ3v) is 6.77. The standard InChI is InChI=1S/C26H33NO2/c1-2-3-4-5-6-19-7-16-24(27-18-19)22-12-8-20(9-13-22)21-10-14-23(15-11-21)25-17-26(28)29-25/h7-9,12-13,16,18,21,23,25H,2-6,10-11,14-15,17H2,1H3. The van der Waals surface area contributed by atoms with Crippen molar-refractivity contribution in [1.82, 2.24) is 4.98 Å². The Labute approximate surface area is 174 Å². The molecule has 0 N–H and O–H groups in total. The average molecular weight is 392 g/mol. The van der Waals surface area contributed by atoms with Crippen molar-refractivity contribution in [1.29, 1.82) is 0 Å². The molecule has 2 heterocycles. The van der Waals surface area contributed by atoms with Crippen molar-refractivity contribution in [3.63, 3.8) is 0 Å². The third kappa shape index (κ3) is 5.07. The highest BCUT2D eigenvalue weighted by Crippen LogP contribution is 2.40. The molecule has 0 bridgehead atoms. The maximum Gasteiger partial charge on any atom is 0.309 e. The topological polar surface area (TPSA) is 39.2 Å². The average Bonchev–Trinajstić information content (AvgIpc) is 2.75. The van der Waals surface area contributed by atoms with E-state index >= 15 is 0 Å². The molecule has 0 spiro atoms. The molecule has 1 unspecified atom stereocenters. The molecule has 2 fully saturated rings. The number of rotatable bonds is 8. The van der Waals surface area contributed by atoms with Gasteiger partial charge < -0.3 is 4.74 Å². The molecule has 3 heteroatoms. The van der Waals surface area contributed by atoms with Crippen molar-refractivity contribution in [3.8, 4) is 11.3 Å². The molecule has 29 heavy (non-hydrogen) atoms. The fourth-order valence-corrected chi connectivity index (χ4v) is 4.84. The van der Waals surface area contributed by atoms with Gasteiger partial charge in [0.05, 0.1) is 12.1 Å². The van der Waals surface area contributed by atoms with Crippen LogP contribution in [0.4, 0.5) is 0 Å². The Bertz CT molecular complexity index is 780. The zero-order valence-electron chi connectivity index (χ0n) is 17.6. The number of unbranched alkanes of at least 4 members (excludes halogenated alkanes) is 3. The number of aryl methyl sites for hydroxylation is 1. The Morgan fingerprint density at radius 2 is 1.72 bits per heavy atom. The van der Waals surface area contributed by atoms with Crippen molar-refractivity contribution >= 4 is 5.97 Å². The summed E-state index contributed by atoms with van der Waals surface area (Å²) in [6.07, 6.45) is 13.9. The first kappa shape index (κ1) is 20.1. The minimum absolute atomic E-state index is 0.0224. The Morgan fingerprint density at radius 3 is 2.34 bits per heavy atom. The molecular formula is C26H33NO2. The van der Waals surface area contributed by atoms with Crippen LogP contribution < -0.4 is 0 Å². The zero-order valence-corrected chi connectivity index (χ0v) is 17.6. The predicted octanol–water partition coefficient (Wildman–Crippen LogP) is 6.46. The van der Waals surface area contributed by atoms with Crippen LogP contribution in [0, 0.1) is 5.92 Å². The first-order chi connectivity index (χ1) is 14.2. The molecule has 1 aliphatic heterocycles. The molecule has 1 aliphatic carbocycles. The Morgan fingerprint density at radius 1 is 0.966 bits per heavy atom. The zero-order chi connectivity index (χ0) is 20.1. The third-order valence-electron chi connectivity index (χ3n) is 6.77. The summed E-state index contributed by atoms with van der Waals surface area (Å²) in [5.74, 6) is 1.19. The lowest BCUT2D eigenvalue weighted by atomic mass is 9.75. The quantitative estimate of drug-likeness (QED) is 0.383. The minimum Gasteiger partial charge on any atom is -0.461 e. The maximum absolute atomic E-state index is 11.0. The highest BCUT2D eigenvalue weighted by Gasteiger charge is 2.37. The second-order valence-electron chi connectivity index (χ2n) is 8.83. The monoisotopic (exact) mass is 391 g/mol. The van der Waals surface area contributed by atoms with E-state index in [1.807, 2.05) is 6.20 Å². The van der Waals surface area contributed by atoms with Crippen LogP contribution in [0.5, 0.6) is 0 Å². The van der Waals surface area contributed by atoms with E-state index in [1.54, 1.807) is 0 Å². The predicted molar refractivity (Wildman–Crippen MR) is 117 cm³/mol. The van der Waals surface area contributed by atoms with Gasteiger partial charge in [-0.1, -0.05) is 56.5 Å². The second-order valence-corrected chi connectivity index (χ2v) is 8.83. The van der Waals surface area contributed by atoms with E-state index in [2.05, 4.69) is 43.3 Å². The van der Waals surface area contributed by atoms with Crippen molar-refractivity contribution < 1.29 is 9.53 Å². The van der Waals surface area contributed by atoms with E-state index in [0.717, 1.165) is 12.1 Å². The molecule has 3 nitrogen and oxygen atoms in total. The molecule has 1 saturated heterocycles. The first-order valence-electron chi connectivity index (χ1n) is 11.5. The lowest BCUT2D eigenvalue weighted by molar-refractivity contribution is -0.176. The number of hydrogen-bond acceptors (Lipinski definition) is 3. The number of aromatic nitrogens is 1. The van der Waals surface area contributed by atoms with Crippen LogP contribution in [0.2, 0.25) is 0 Å². The molecule has 1 atom stereocenters. The second kappa shape index (κ2) is 9.56. The number of carbonyl (C=O) groups excluding carboxylic acids is 1. The number of carbonyl (C=O) groups is 1. The number of ether oxygens (including phenoxy) is 1. The van der Waals surface area contributed by atoms with Gasteiger partial charge in [-0.3, -0.25) is 9.78 Å². The van der Waals surface area contributed by atoms with Crippen LogP contribution in [-0.2, 0) is 16.0 Å². The van der Waals surface area contributed by atoms with Crippen molar-refractivity contribution in [2.75, 3.05) is 0 Å².